The number of sulfonamides is 1. The van der Waals surface area contributed by atoms with Crippen LogP contribution < -0.4 is 14.6 Å². The molecule has 8 heteroatoms. The number of aryl methyl sites for hydroxylation is 1. The molecular weight excluding hydrogens is 358 g/mol. The van der Waals surface area contributed by atoms with Gasteiger partial charge in [-0.1, -0.05) is 12.1 Å². The van der Waals surface area contributed by atoms with Crippen molar-refractivity contribution in [3.05, 3.63) is 54.1 Å². The molecule has 0 aromatic heterocycles. The van der Waals surface area contributed by atoms with Crippen molar-refractivity contribution in [2.75, 3.05) is 20.3 Å². The van der Waals surface area contributed by atoms with Gasteiger partial charge in [-0.05, 0) is 48.4 Å². The Balaban J connectivity index is 1.66. The van der Waals surface area contributed by atoms with E-state index in [0.717, 1.165) is 11.3 Å². The number of carbonyl (C=O) groups excluding carboxylic acids is 1. The fourth-order valence-corrected chi connectivity index (χ4v) is 2.67. The highest BCUT2D eigenvalue weighted by Gasteiger charge is 2.07. The van der Waals surface area contributed by atoms with Crippen LogP contribution in [-0.2, 0) is 26.0 Å². The van der Waals surface area contributed by atoms with Crippen LogP contribution in [0.15, 0.2) is 53.4 Å². The lowest BCUT2D eigenvalue weighted by Crippen LogP contribution is -2.13. The van der Waals surface area contributed by atoms with E-state index in [2.05, 4.69) is 0 Å². The number of nitrogens with two attached hydrogens (primary N) is 1. The Hall–Kier alpha value is -2.58. The largest absolute Gasteiger partial charge is 0.497 e. The molecule has 0 aliphatic rings. The monoisotopic (exact) mass is 379 g/mol. The predicted molar refractivity (Wildman–Crippen MR) is 95.6 cm³/mol. The van der Waals surface area contributed by atoms with E-state index in [-0.39, 0.29) is 30.5 Å². The molecule has 140 valence electrons. The lowest BCUT2D eigenvalue weighted by molar-refractivity contribution is -0.144. The molecule has 0 aliphatic heterocycles. The molecular formula is C18H21NO6S. The fraction of sp³-hybridized carbons (Fsp3) is 0.278. The lowest BCUT2D eigenvalue weighted by Gasteiger charge is -2.08. The minimum atomic E-state index is -3.72. The quantitative estimate of drug-likeness (QED) is 0.527. The summed E-state index contributed by atoms with van der Waals surface area (Å²) in [4.78, 5) is 11.7. The van der Waals surface area contributed by atoms with Crippen molar-refractivity contribution in [3.8, 4) is 11.5 Å². The number of primary sulfonamides is 1. The molecule has 0 amide bonds. The smallest absolute Gasteiger partial charge is 0.306 e. The van der Waals surface area contributed by atoms with E-state index in [4.69, 9.17) is 19.3 Å². The van der Waals surface area contributed by atoms with Crippen LogP contribution in [0.5, 0.6) is 11.5 Å². The maximum atomic E-state index is 11.7. The predicted octanol–water partition coefficient (Wildman–Crippen LogP) is 1.90. The number of rotatable bonds is 9. The van der Waals surface area contributed by atoms with E-state index in [1.807, 2.05) is 24.3 Å². The molecule has 0 bridgehead atoms. The van der Waals surface area contributed by atoms with Gasteiger partial charge in [0, 0.05) is 6.42 Å². The van der Waals surface area contributed by atoms with Crippen molar-refractivity contribution in [1.82, 2.24) is 0 Å². The first-order valence-corrected chi connectivity index (χ1v) is 9.47. The van der Waals surface area contributed by atoms with E-state index in [1.165, 1.54) is 24.3 Å². The van der Waals surface area contributed by atoms with Crippen LogP contribution in [-0.4, -0.2) is 34.7 Å². The van der Waals surface area contributed by atoms with Gasteiger partial charge in [-0.15, -0.1) is 0 Å². The lowest BCUT2D eigenvalue weighted by atomic mass is 10.1. The number of hydrogen-bond donors (Lipinski definition) is 1. The third-order valence-corrected chi connectivity index (χ3v) is 4.47. The second-order valence-electron chi connectivity index (χ2n) is 5.43. The van der Waals surface area contributed by atoms with Gasteiger partial charge in [0.15, 0.2) is 0 Å². The zero-order chi connectivity index (χ0) is 19.0. The number of carbonyl (C=O) groups is 1. The fourth-order valence-electron chi connectivity index (χ4n) is 2.15. The summed E-state index contributed by atoms with van der Waals surface area (Å²) in [6, 6.07) is 13.2. The van der Waals surface area contributed by atoms with Crippen molar-refractivity contribution in [2.45, 2.75) is 17.7 Å². The summed E-state index contributed by atoms with van der Waals surface area (Å²) in [6.07, 6.45) is 0.855. The number of hydrogen-bond acceptors (Lipinski definition) is 6. The third kappa shape index (κ3) is 6.38. The van der Waals surface area contributed by atoms with Crippen molar-refractivity contribution < 1.29 is 27.4 Å². The van der Waals surface area contributed by atoms with E-state index >= 15 is 0 Å². The molecule has 0 aliphatic carbocycles. The minimum absolute atomic E-state index is 0.00908. The summed E-state index contributed by atoms with van der Waals surface area (Å²) in [5.74, 6) is 0.922. The van der Waals surface area contributed by atoms with Crippen molar-refractivity contribution in [3.63, 3.8) is 0 Å². The highest BCUT2D eigenvalue weighted by molar-refractivity contribution is 7.89. The zero-order valence-corrected chi connectivity index (χ0v) is 15.2. The number of methoxy groups -OCH3 is 1. The molecule has 0 radical (unpaired) electrons. The van der Waals surface area contributed by atoms with Gasteiger partial charge in [0.2, 0.25) is 10.0 Å². The number of esters is 1. The highest BCUT2D eigenvalue weighted by atomic mass is 32.2. The Morgan fingerprint density at radius 3 is 2.15 bits per heavy atom. The van der Waals surface area contributed by atoms with Crippen molar-refractivity contribution >= 4 is 16.0 Å². The standard InChI is InChI=1S/C18H21NO6S/c1-23-15-5-2-14(3-6-15)4-11-18(20)25-13-12-24-16-7-9-17(10-8-16)26(19,21)22/h2-3,5-10H,4,11-13H2,1H3,(H2,19,21,22). The summed E-state index contributed by atoms with van der Waals surface area (Å²) in [6.45, 7) is 0.279. The summed E-state index contributed by atoms with van der Waals surface area (Å²) >= 11 is 0. The second kappa shape index (κ2) is 9.21. The van der Waals surface area contributed by atoms with Crippen LogP contribution in [0.4, 0.5) is 0 Å². The molecule has 2 rings (SSSR count). The van der Waals surface area contributed by atoms with Gasteiger partial charge in [0.1, 0.15) is 24.7 Å². The maximum absolute atomic E-state index is 11.7. The van der Waals surface area contributed by atoms with Crippen LogP contribution in [0.25, 0.3) is 0 Å². The van der Waals surface area contributed by atoms with E-state index < -0.39 is 10.0 Å². The molecule has 26 heavy (non-hydrogen) atoms. The van der Waals surface area contributed by atoms with Gasteiger partial charge in [0.25, 0.3) is 0 Å². The molecule has 2 N–H and O–H groups in total. The van der Waals surface area contributed by atoms with E-state index in [9.17, 15) is 13.2 Å². The molecule has 0 spiro atoms. The SMILES string of the molecule is COc1ccc(CCC(=O)OCCOc2ccc(S(N)(=O)=O)cc2)cc1. The van der Waals surface area contributed by atoms with E-state index in [1.54, 1.807) is 7.11 Å². The molecule has 7 nitrogen and oxygen atoms in total. The Bertz CT molecular complexity index is 816. The molecule has 0 unspecified atom stereocenters. The Labute approximate surface area is 152 Å². The van der Waals surface area contributed by atoms with Crippen LogP contribution in [0, 0.1) is 0 Å². The molecule has 2 aromatic carbocycles. The molecule has 0 saturated heterocycles. The Morgan fingerprint density at radius 2 is 1.58 bits per heavy atom. The normalized spacial score (nSPS) is 11.0. The molecule has 0 fully saturated rings. The minimum Gasteiger partial charge on any atom is -0.497 e. The third-order valence-electron chi connectivity index (χ3n) is 3.54. The summed E-state index contributed by atoms with van der Waals surface area (Å²) in [5, 5.41) is 5.01. The average molecular weight is 379 g/mol. The van der Waals surface area contributed by atoms with Crippen LogP contribution in [0.2, 0.25) is 0 Å². The first-order valence-electron chi connectivity index (χ1n) is 7.93. The molecule has 0 heterocycles. The van der Waals surface area contributed by atoms with Gasteiger partial charge in [-0.3, -0.25) is 4.79 Å². The van der Waals surface area contributed by atoms with Crippen LogP contribution in [0.3, 0.4) is 0 Å². The Morgan fingerprint density at radius 1 is 0.962 bits per heavy atom. The first kappa shape index (κ1) is 19.7. The van der Waals surface area contributed by atoms with Crippen molar-refractivity contribution in [2.24, 2.45) is 5.14 Å². The number of ether oxygens (including phenoxy) is 3. The Kier molecular flexibility index (Phi) is 6.99. The summed E-state index contributed by atoms with van der Waals surface area (Å²) in [5.41, 5.74) is 1.02. The molecule has 0 saturated carbocycles. The topological polar surface area (TPSA) is 105 Å². The van der Waals surface area contributed by atoms with Crippen LogP contribution in [0.1, 0.15) is 12.0 Å². The van der Waals surface area contributed by atoms with Gasteiger partial charge in [-0.25, -0.2) is 13.6 Å². The van der Waals surface area contributed by atoms with Gasteiger partial charge < -0.3 is 14.2 Å². The van der Waals surface area contributed by atoms with Crippen LogP contribution >= 0.6 is 0 Å². The average Bonchev–Trinajstić information content (AvgIpc) is 2.63. The number of benzene rings is 2. The van der Waals surface area contributed by atoms with Gasteiger partial charge >= 0.3 is 5.97 Å². The highest BCUT2D eigenvalue weighted by Crippen LogP contribution is 2.15. The van der Waals surface area contributed by atoms with Crippen molar-refractivity contribution in [1.29, 1.82) is 0 Å². The molecule has 2 aromatic rings. The first-order chi connectivity index (χ1) is 12.4. The summed E-state index contributed by atoms with van der Waals surface area (Å²) in [7, 11) is -2.12. The van der Waals surface area contributed by atoms with Gasteiger partial charge in [0.05, 0.1) is 12.0 Å². The zero-order valence-electron chi connectivity index (χ0n) is 14.4. The maximum Gasteiger partial charge on any atom is 0.306 e. The molecule has 0 atom stereocenters. The second-order valence-corrected chi connectivity index (χ2v) is 6.99. The van der Waals surface area contributed by atoms with Gasteiger partial charge in [-0.2, -0.15) is 0 Å². The summed E-state index contributed by atoms with van der Waals surface area (Å²) < 4.78 is 37.9. The van der Waals surface area contributed by atoms with E-state index in [0.29, 0.717) is 12.2 Å².